The van der Waals surface area contributed by atoms with Crippen molar-refractivity contribution in [2.45, 2.75) is 6.92 Å². The molecule has 2 heterocycles. The monoisotopic (exact) mass is 331 g/mol. The SMILES string of the molecule is Cc1cc(OS(C)(=O)=O)cc2c1C(=O)C(=Cc1cccnc1)O2. The Kier molecular flexibility index (Phi) is 3.65. The number of Topliss-reactive ketones (excluding diaryl/α,β-unsaturated/α-hetero) is 1. The van der Waals surface area contributed by atoms with Gasteiger partial charge in [0.05, 0.1) is 11.8 Å². The van der Waals surface area contributed by atoms with Gasteiger partial charge in [0, 0.05) is 18.5 Å². The van der Waals surface area contributed by atoms with E-state index in [0.717, 1.165) is 11.8 Å². The maximum Gasteiger partial charge on any atom is 0.306 e. The van der Waals surface area contributed by atoms with Gasteiger partial charge in [0.2, 0.25) is 5.78 Å². The Hall–Kier alpha value is -2.67. The number of hydrogen-bond acceptors (Lipinski definition) is 6. The molecule has 0 N–H and O–H groups in total. The van der Waals surface area contributed by atoms with Gasteiger partial charge in [-0.25, -0.2) is 0 Å². The maximum atomic E-state index is 12.4. The first-order valence-electron chi connectivity index (χ1n) is 6.72. The molecule has 2 aromatic rings. The number of ketones is 1. The van der Waals surface area contributed by atoms with Crippen molar-refractivity contribution in [3.8, 4) is 11.5 Å². The summed E-state index contributed by atoms with van der Waals surface area (Å²) >= 11 is 0. The van der Waals surface area contributed by atoms with E-state index in [0.29, 0.717) is 11.1 Å². The molecule has 118 valence electrons. The van der Waals surface area contributed by atoms with Gasteiger partial charge in [0.25, 0.3) is 0 Å². The Balaban J connectivity index is 1.99. The molecule has 0 saturated carbocycles. The predicted octanol–water partition coefficient (Wildman–Crippen LogP) is 2.34. The van der Waals surface area contributed by atoms with Crippen molar-refractivity contribution < 1.29 is 22.1 Å². The number of allylic oxidation sites excluding steroid dienone is 1. The molecule has 6 nitrogen and oxygen atoms in total. The summed E-state index contributed by atoms with van der Waals surface area (Å²) < 4.78 is 32.9. The highest BCUT2D eigenvalue weighted by molar-refractivity contribution is 7.86. The van der Waals surface area contributed by atoms with Crippen LogP contribution in [0.5, 0.6) is 11.5 Å². The zero-order valence-corrected chi connectivity index (χ0v) is 13.3. The van der Waals surface area contributed by atoms with Gasteiger partial charge >= 0.3 is 10.1 Å². The van der Waals surface area contributed by atoms with Gasteiger partial charge in [-0.1, -0.05) is 6.07 Å². The highest BCUT2D eigenvalue weighted by Gasteiger charge is 2.30. The quantitative estimate of drug-likeness (QED) is 0.634. The molecule has 0 saturated heterocycles. The molecule has 3 rings (SSSR count). The summed E-state index contributed by atoms with van der Waals surface area (Å²) in [5.74, 6) is 0.294. The number of aromatic nitrogens is 1. The van der Waals surface area contributed by atoms with E-state index in [9.17, 15) is 13.2 Å². The Morgan fingerprint density at radius 2 is 2.09 bits per heavy atom. The van der Waals surface area contributed by atoms with Gasteiger partial charge in [-0.05, 0) is 36.3 Å². The maximum absolute atomic E-state index is 12.4. The lowest BCUT2D eigenvalue weighted by atomic mass is 10.0. The first kappa shape index (κ1) is 15.2. The minimum absolute atomic E-state index is 0.110. The third kappa shape index (κ3) is 3.24. The van der Waals surface area contributed by atoms with Crippen LogP contribution in [0.3, 0.4) is 0 Å². The van der Waals surface area contributed by atoms with E-state index < -0.39 is 10.1 Å². The number of carbonyl (C=O) groups excluding carboxylic acids is 1. The van der Waals surface area contributed by atoms with Crippen molar-refractivity contribution >= 4 is 22.0 Å². The average molecular weight is 331 g/mol. The lowest BCUT2D eigenvalue weighted by Crippen LogP contribution is -2.06. The number of benzene rings is 1. The predicted molar refractivity (Wildman–Crippen MR) is 83.8 cm³/mol. The second kappa shape index (κ2) is 5.51. The van der Waals surface area contributed by atoms with Crippen LogP contribution in [0.1, 0.15) is 21.5 Å². The summed E-state index contributed by atoms with van der Waals surface area (Å²) in [6.45, 7) is 1.70. The van der Waals surface area contributed by atoms with Crippen molar-refractivity contribution in [3.63, 3.8) is 0 Å². The fourth-order valence-corrected chi connectivity index (χ4v) is 2.76. The van der Waals surface area contributed by atoms with Crippen molar-refractivity contribution in [2.24, 2.45) is 0 Å². The van der Waals surface area contributed by atoms with E-state index in [1.54, 1.807) is 37.5 Å². The summed E-state index contributed by atoms with van der Waals surface area (Å²) in [5, 5.41) is 0. The van der Waals surface area contributed by atoms with Crippen LogP contribution >= 0.6 is 0 Å². The molecule has 0 aliphatic carbocycles. The normalized spacial score (nSPS) is 15.4. The zero-order valence-electron chi connectivity index (χ0n) is 12.4. The number of rotatable bonds is 3. The van der Waals surface area contributed by atoms with Gasteiger partial charge in [-0.2, -0.15) is 8.42 Å². The fraction of sp³-hybridized carbons (Fsp3) is 0.125. The smallest absolute Gasteiger partial charge is 0.306 e. The van der Waals surface area contributed by atoms with Crippen LogP contribution in [-0.4, -0.2) is 25.4 Å². The standard InChI is InChI=1S/C16H13NO5S/c1-10-6-12(22-23(2,19)20)8-13-15(10)16(18)14(21-13)7-11-4-3-5-17-9-11/h3-9H,1-2H3. The molecule has 0 atom stereocenters. The number of aryl methyl sites for hydroxylation is 1. The molecular weight excluding hydrogens is 318 g/mol. The van der Waals surface area contributed by atoms with E-state index in [4.69, 9.17) is 8.92 Å². The second-order valence-electron chi connectivity index (χ2n) is 5.13. The van der Waals surface area contributed by atoms with Crippen molar-refractivity contribution in [1.29, 1.82) is 0 Å². The number of fused-ring (bicyclic) bond motifs is 1. The Morgan fingerprint density at radius 1 is 1.30 bits per heavy atom. The highest BCUT2D eigenvalue weighted by atomic mass is 32.2. The number of nitrogens with zero attached hydrogens (tertiary/aromatic N) is 1. The minimum atomic E-state index is -3.65. The summed E-state index contributed by atoms with van der Waals surface area (Å²) in [4.78, 5) is 16.4. The summed E-state index contributed by atoms with van der Waals surface area (Å²) in [6.07, 6.45) is 5.78. The molecule has 0 spiro atoms. The molecule has 0 fully saturated rings. The zero-order chi connectivity index (χ0) is 16.6. The summed E-state index contributed by atoms with van der Waals surface area (Å²) in [7, 11) is -3.65. The number of hydrogen-bond donors (Lipinski definition) is 0. The average Bonchev–Trinajstić information content (AvgIpc) is 2.75. The molecule has 0 amide bonds. The Labute approximate surface area is 133 Å². The topological polar surface area (TPSA) is 82.6 Å². The lowest BCUT2D eigenvalue weighted by Gasteiger charge is -2.06. The van der Waals surface area contributed by atoms with Crippen LogP contribution in [0.4, 0.5) is 0 Å². The molecule has 1 aliphatic heterocycles. The van der Waals surface area contributed by atoms with Crippen LogP contribution in [-0.2, 0) is 10.1 Å². The van der Waals surface area contributed by atoms with Crippen LogP contribution in [0.25, 0.3) is 6.08 Å². The van der Waals surface area contributed by atoms with Gasteiger partial charge in [-0.15, -0.1) is 0 Å². The van der Waals surface area contributed by atoms with E-state index >= 15 is 0 Å². The van der Waals surface area contributed by atoms with Crippen molar-refractivity contribution in [1.82, 2.24) is 4.98 Å². The number of ether oxygens (including phenoxy) is 1. The van der Waals surface area contributed by atoms with E-state index in [-0.39, 0.29) is 23.0 Å². The molecule has 23 heavy (non-hydrogen) atoms. The number of carbonyl (C=O) groups is 1. The van der Waals surface area contributed by atoms with E-state index in [2.05, 4.69) is 4.98 Å². The largest absolute Gasteiger partial charge is 0.452 e. The molecule has 0 radical (unpaired) electrons. The van der Waals surface area contributed by atoms with E-state index in [1.807, 2.05) is 0 Å². The third-order valence-corrected chi connectivity index (χ3v) is 3.67. The van der Waals surface area contributed by atoms with Gasteiger partial charge < -0.3 is 8.92 Å². The van der Waals surface area contributed by atoms with Crippen LogP contribution in [0.2, 0.25) is 0 Å². The molecule has 0 unspecified atom stereocenters. The van der Waals surface area contributed by atoms with Crippen molar-refractivity contribution in [2.75, 3.05) is 6.26 Å². The highest BCUT2D eigenvalue weighted by Crippen LogP contribution is 2.37. The molecule has 0 bridgehead atoms. The fourth-order valence-electron chi connectivity index (χ4n) is 2.31. The third-order valence-electron chi connectivity index (χ3n) is 3.17. The van der Waals surface area contributed by atoms with Crippen LogP contribution in [0.15, 0.2) is 42.4 Å². The van der Waals surface area contributed by atoms with Crippen LogP contribution in [0, 0.1) is 6.92 Å². The lowest BCUT2D eigenvalue weighted by molar-refractivity contribution is 0.101. The Morgan fingerprint density at radius 3 is 2.74 bits per heavy atom. The molecule has 7 heteroatoms. The van der Waals surface area contributed by atoms with Crippen LogP contribution < -0.4 is 8.92 Å². The Bertz CT molecular complexity index is 917. The summed E-state index contributed by atoms with van der Waals surface area (Å²) in [5.41, 5.74) is 1.72. The summed E-state index contributed by atoms with van der Waals surface area (Å²) in [6, 6.07) is 6.44. The molecular formula is C16H13NO5S. The molecule has 1 aliphatic rings. The van der Waals surface area contributed by atoms with Crippen molar-refractivity contribution in [3.05, 3.63) is 59.1 Å². The molecule has 1 aromatic carbocycles. The molecule has 1 aromatic heterocycles. The first-order chi connectivity index (χ1) is 10.8. The first-order valence-corrected chi connectivity index (χ1v) is 8.53. The van der Waals surface area contributed by atoms with Gasteiger partial charge in [-0.3, -0.25) is 9.78 Å². The number of pyridine rings is 1. The van der Waals surface area contributed by atoms with E-state index in [1.165, 1.54) is 12.1 Å². The minimum Gasteiger partial charge on any atom is -0.452 e. The second-order valence-corrected chi connectivity index (χ2v) is 6.70. The van der Waals surface area contributed by atoms with Gasteiger partial charge in [0.1, 0.15) is 11.5 Å². The van der Waals surface area contributed by atoms with Gasteiger partial charge in [0.15, 0.2) is 5.76 Å².